The molecule has 0 atom stereocenters. The molecule has 0 spiro atoms. The van der Waals surface area contributed by atoms with Crippen LogP contribution in [0.15, 0.2) is 22.8 Å². The fraction of sp³-hybridized carbons (Fsp3) is 0.143. The zero-order valence-corrected chi connectivity index (χ0v) is 7.93. The van der Waals surface area contributed by atoms with Crippen LogP contribution < -0.4 is 0 Å². The monoisotopic (exact) mass is 242 g/mol. The number of hydrogen-bond acceptors (Lipinski definition) is 4. The van der Waals surface area contributed by atoms with Crippen molar-refractivity contribution in [3.05, 3.63) is 22.8 Å². The lowest BCUT2D eigenvalue weighted by molar-refractivity contribution is 0.630. The molecule has 0 aliphatic carbocycles. The van der Waals surface area contributed by atoms with E-state index in [0.29, 0.717) is 10.5 Å². The molecule has 0 saturated carbocycles. The van der Waals surface area contributed by atoms with Crippen molar-refractivity contribution in [2.75, 3.05) is 0 Å². The van der Waals surface area contributed by atoms with Crippen LogP contribution in [0.25, 0.3) is 11.5 Å². The van der Waals surface area contributed by atoms with Crippen LogP contribution in [0.4, 0.5) is 0 Å². The molecule has 0 aliphatic rings. The van der Waals surface area contributed by atoms with Gasteiger partial charge in [0, 0.05) is 14.8 Å². The Morgan fingerprint density at radius 2 is 2.46 bits per heavy atom. The van der Waals surface area contributed by atoms with Crippen LogP contribution in [-0.2, 0) is 6.98 Å². The Kier molecular flexibility index (Phi) is 1.34. The van der Waals surface area contributed by atoms with Crippen LogP contribution in [0.2, 0.25) is 0 Å². The van der Waals surface area contributed by atoms with Crippen molar-refractivity contribution in [1.29, 1.82) is 0 Å². The molecule has 0 aromatic carbocycles. The summed E-state index contributed by atoms with van der Waals surface area (Å²) in [4.78, 5) is 4.62. The molecule has 0 aliphatic heterocycles. The second-order valence-electron chi connectivity index (χ2n) is 2.26. The molecule has 2 aromatic heterocycles. The van der Waals surface area contributed by atoms with Crippen LogP contribution in [0.1, 0.15) is 4.11 Å². The highest BCUT2D eigenvalue weighted by molar-refractivity contribution is 9.10. The van der Waals surface area contributed by atoms with Gasteiger partial charge in [0.1, 0.15) is 5.69 Å². The van der Waals surface area contributed by atoms with Gasteiger partial charge in [0.2, 0.25) is 5.82 Å². The van der Waals surface area contributed by atoms with Gasteiger partial charge in [0.15, 0.2) is 0 Å². The van der Waals surface area contributed by atoms with Gasteiger partial charge in [-0.05, 0) is 33.3 Å². The maximum Gasteiger partial charge on any atom is 0.223 e. The molecule has 0 bridgehead atoms. The molecule has 2 rings (SSSR count). The molecule has 0 N–H and O–H groups in total. The highest BCUT2D eigenvalue weighted by Gasteiger charge is 2.04. The van der Waals surface area contributed by atoms with Crippen LogP contribution in [0.5, 0.6) is 0 Å². The summed E-state index contributed by atoms with van der Waals surface area (Å²) in [5.41, 5.74) is 0.471. The van der Waals surface area contributed by atoms with Crippen LogP contribution in [0.3, 0.4) is 0 Å². The first-order chi connectivity index (χ1) is 7.47. The Labute approximate surface area is 87.1 Å². The minimum Gasteiger partial charge on any atom is -0.252 e. The van der Waals surface area contributed by atoms with Gasteiger partial charge < -0.3 is 0 Å². The number of aromatic nitrogens is 5. The summed E-state index contributed by atoms with van der Waals surface area (Å²) in [5.74, 6) is 0.184. The fourth-order valence-corrected chi connectivity index (χ4v) is 1.06. The Hall–Kier alpha value is -1.30. The molecule has 0 amide bonds. The summed E-state index contributed by atoms with van der Waals surface area (Å²) < 4.78 is 22.1. The highest BCUT2D eigenvalue weighted by atomic mass is 79.9. The van der Waals surface area contributed by atoms with E-state index in [0.717, 1.165) is 4.47 Å². The Morgan fingerprint density at radius 1 is 1.54 bits per heavy atom. The summed E-state index contributed by atoms with van der Waals surface area (Å²) in [7, 11) is 0. The van der Waals surface area contributed by atoms with E-state index in [1.165, 1.54) is 0 Å². The summed E-state index contributed by atoms with van der Waals surface area (Å²) in [6, 6.07) is 3.43. The van der Waals surface area contributed by atoms with Gasteiger partial charge >= 0.3 is 0 Å². The number of aryl methyl sites for hydroxylation is 1. The first-order valence-corrected chi connectivity index (χ1v) is 4.18. The summed E-state index contributed by atoms with van der Waals surface area (Å²) >= 11 is 3.24. The van der Waals surface area contributed by atoms with E-state index in [1.807, 2.05) is 0 Å². The van der Waals surface area contributed by atoms with E-state index in [4.69, 9.17) is 4.11 Å². The topological polar surface area (TPSA) is 56.5 Å². The molecular formula is C7H6BrN5. The van der Waals surface area contributed by atoms with E-state index in [9.17, 15) is 0 Å². The maximum atomic E-state index is 7.09. The van der Waals surface area contributed by atoms with Gasteiger partial charge in [0.25, 0.3) is 0 Å². The van der Waals surface area contributed by atoms with Crippen LogP contribution in [0, 0.1) is 0 Å². The average molecular weight is 243 g/mol. The second kappa shape index (κ2) is 3.21. The van der Waals surface area contributed by atoms with Crippen molar-refractivity contribution in [1.82, 2.24) is 25.2 Å². The van der Waals surface area contributed by atoms with Crippen molar-refractivity contribution in [3.8, 4) is 11.5 Å². The summed E-state index contributed by atoms with van der Waals surface area (Å²) in [6.45, 7) is -2.42. The number of nitrogens with zero attached hydrogens (tertiary/aromatic N) is 5. The van der Waals surface area contributed by atoms with Gasteiger partial charge in [-0.15, -0.1) is 10.2 Å². The van der Waals surface area contributed by atoms with Gasteiger partial charge in [-0.2, -0.15) is 4.80 Å². The van der Waals surface area contributed by atoms with Crippen molar-refractivity contribution in [3.63, 3.8) is 0 Å². The number of tetrazole rings is 1. The molecule has 0 saturated heterocycles. The SMILES string of the molecule is [2H]C([2H])([2H])n1nnc(-c2ccc(Br)cn2)n1. The third kappa shape index (κ3) is 1.72. The first kappa shape index (κ1) is 5.43. The fourth-order valence-electron chi connectivity index (χ4n) is 0.825. The van der Waals surface area contributed by atoms with E-state index in [-0.39, 0.29) is 5.82 Å². The summed E-state index contributed by atoms with van der Waals surface area (Å²) in [5, 5.41) is 10.8. The molecule has 0 radical (unpaired) electrons. The van der Waals surface area contributed by atoms with Gasteiger partial charge in [0.05, 0.1) is 6.98 Å². The standard InChI is InChI=1S/C7H6BrN5/c1-13-11-7(10-12-13)6-3-2-5(8)4-9-6/h2-4H,1H3/i1D3. The Morgan fingerprint density at radius 3 is 3.08 bits per heavy atom. The molecular weight excluding hydrogens is 234 g/mol. The molecule has 5 nitrogen and oxygen atoms in total. The van der Waals surface area contributed by atoms with Crippen molar-refractivity contribution in [2.24, 2.45) is 6.98 Å². The molecule has 66 valence electrons. The second-order valence-corrected chi connectivity index (χ2v) is 3.18. The lowest BCUT2D eigenvalue weighted by Gasteiger charge is -1.92. The smallest absolute Gasteiger partial charge is 0.223 e. The molecule has 13 heavy (non-hydrogen) atoms. The van der Waals surface area contributed by atoms with Gasteiger partial charge in [-0.1, -0.05) is 0 Å². The first-order valence-electron chi connectivity index (χ1n) is 4.89. The normalized spacial score (nSPS) is 14.7. The zero-order valence-electron chi connectivity index (χ0n) is 9.35. The van der Waals surface area contributed by atoms with Crippen LogP contribution >= 0.6 is 15.9 Å². The minimum atomic E-state index is -2.42. The third-order valence-electron chi connectivity index (χ3n) is 1.37. The summed E-state index contributed by atoms with van der Waals surface area (Å²) in [6.07, 6.45) is 1.57. The van der Waals surface area contributed by atoms with E-state index >= 15 is 0 Å². The molecule has 2 heterocycles. The largest absolute Gasteiger partial charge is 0.252 e. The van der Waals surface area contributed by atoms with Crippen molar-refractivity contribution >= 4 is 15.9 Å². The molecule has 2 aromatic rings. The van der Waals surface area contributed by atoms with Gasteiger partial charge in [-0.3, -0.25) is 4.98 Å². The number of hydrogen-bond donors (Lipinski definition) is 0. The van der Waals surface area contributed by atoms with E-state index in [1.54, 1.807) is 18.3 Å². The zero-order chi connectivity index (χ0) is 11.8. The highest BCUT2D eigenvalue weighted by Crippen LogP contribution is 2.13. The van der Waals surface area contributed by atoms with Crippen LogP contribution in [-0.4, -0.2) is 25.2 Å². The predicted octanol–water partition coefficient (Wildman–Crippen LogP) is 1.03. The maximum absolute atomic E-state index is 7.09. The lowest BCUT2D eigenvalue weighted by atomic mass is 10.3. The minimum absolute atomic E-state index is 0.184. The van der Waals surface area contributed by atoms with E-state index < -0.39 is 6.98 Å². The Bertz CT molecular complexity index is 491. The quantitative estimate of drug-likeness (QED) is 0.750. The molecule has 6 heteroatoms. The predicted molar refractivity (Wildman–Crippen MR) is 49.7 cm³/mol. The molecule has 0 fully saturated rings. The number of pyridine rings is 1. The number of rotatable bonds is 1. The number of halogens is 1. The molecule has 0 unspecified atom stereocenters. The van der Waals surface area contributed by atoms with E-state index in [2.05, 4.69) is 36.3 Å². The third-order valence-corrected chi connectivity index (χ3v) is 1.84. The Balaban J connectivity index is 2.35. The van der Waals surface area contributed by atoms with Crippen molar-refractivity contribution < 1.29 is 4.11 Å². The van der Waals surface area contributed by atoms with Gasteiger partial charge in [-0.25, -0.2) is 0 Å². The lowest BCUT2D eigenvalue weighted by Crippen LogP contribution is -1.92. The van der Waals surface area contributed by atoms with Crippen molar-refractivity contribution in [2.45, 2.75) is 0 Å². The average Bonchev–Trinajstić information content (AvgIpc) is 2.67.